The number of nitrogens with one attached hydrogen (secondary N) is 2. The number of halogens is 1. The third-order valence-corrected chi connectivity index (χ3v) is 4.44. The molecule has 1 saturated heterocycles. The first-order valence-corrected chi connectivity index (χ1v) is 9.45. The summed E-state index contributed by atoms with van der Waals surface area (Å²) in [7, 11) is 0. The lowest BCUT2D eigenvalue weighted by molar-refractivity contribution is -0.129. The Kier molecular flexibility index (Phi) is 10.6. The van der Waals surface area contributed by atoms with Crippen molar-refractivity contribution in [3.8, 4) is 0 Å². The summed E-state index contributed by atoms with van der Waals surface area (Å²) in [6, 6.07) is 0. The first kappa shape index (κ1) is 22.7. The van der Waals surface area contributed by atoms with E-state index in [4.69, 9.17) is 4.52 Å². The van der Waals surface area contributed by atoms with Gasteiger partial charge in [-0.2, -0.15) is 0 Å². The molecule has 2 rings (SSSR count). The number of aromatic nitrogens is 1. The van der Waals surface area contributed by atoms with Crippen LogP contribution >= 0.6 is 24.0 Å². The van der Waals surface area contributed by atoms with Gasteiger partial charge in [-0.15, -0.1) is 24.0 Å². The van der Waals surface area contributed by atoms with Crippen LogP contribution in [0, 0.1) is 0 Å². The van der Waals surface area contributed by atoms with E-state index in [9.17, 15) is 4.79 Å². The Morgan fingerprint density at radius 3 is 2.54 bits per heavy atom. The van der Waals surface area contributed by atoms with Crippen LogP contribution in [0.5, 0.6) is 0 Å². The maximum absolute atomic E-state index is 12.1. The van der Waals surface area contributed by atoms with Crippen molar-refractivity contribution < 1.29 is 9.32 Å². The zero-order valence-corrected chi connectivity index (χ0v) is 18.5. The number of likely N-dealkylation sites (tertiary alicyclic amines) is 1. The van der Waals surface area contributed by atoms with E-state index >= 15 is 0 Å². The van der Waals surface area contributed by atoms with Gasteiger partial charge in [-0.05, 0) is 26.2 Å². The predicted molar refractivity (Wildman–Crippen MR) is 114 cm³/mol. The highest BCUT2D eigenvalue weighted by Gasteiger charge is 2.17. The molecule has 0 spiro atoms. The summed E-state index contributed by atoms with van der Waals surface area (Å²) in [5.74, 6) is 1.85. The van der Waals surface area contributed by atoms with Gasteiger partial charge in [0.2, 0.25) is 5.91 Å². The number of hydrogen-bond acceptors (Lipinski definition) is 4. The van der Waals surface area contributed by atoms with Gasteiger partial charge < -0.3 is 20.1 Å². The third-order valence-electron chi connectivity index (χ3n) is 4.44. The number of guanidine groups is 1. The van der Waals surface area contributed by atoms with Gasteiger partial charge in [0.05, 0.1) is 12.2 Å². The number of amides is 1. The van der Waals surface area contributed by atoms with E-state index in [-0.39, 0.29) is 29.9 Å². The second kappa shape index (κ2) is 12.1. The summed E-state index contributed by atoms with van der Waals surface area (Å²) in [5.41, 5.74) is 2.05. The molecule has 1 aromatic rings. The quantitative estimate of drug-likeness (QED) is 0.342. The number of aliphatic imine (C=N–C) groups is 1. The molecule has 0 aliphatic carbocycles. The van der Waals surface area contributed by atoms with Crippen LogP contribution in [0.4, 0.5) is 0 Å². The molecule has 0 radical (unpaired) electrons. The molecule has 0 saturated carbocycles. The second-order valence-electron chi connectivity index (χ2n) is 6.20. The molecule has 2 N–H and O–H groups in total. The van der Waals surface area contributed by atoms with E-state index in [2.05, 4.69) is 34.6 Å². The van der Waals surface area contributed by atoms with Crippen molar-refractivity contribution in [2.24, 2.45) is 4.99 Å². The number of aryl methyl sites for hydroxylation is 2. The minimum absolute atomic E-state index is 0. The maximum atomic E-state index is 12.1. The van der Waals surface area contributed by atoms with Gasteiger partial charge in [0.15, 0.2) is 5.96 Å². The molecule has 0 aromatic carbocycles. The molecule has 2 heterocycles. The van der Waals surface area contributed by atoms with Crippen molar-refractivity contribution in [1.82, 2.24) is 20.7 Å². The predicted octanol–water partition coefficient (Wildman–Crippen LogP) is 2.49. The molecule has 8 heteroatoms. The first-order valence-electron chi connectivity index (χ1n) is 9.45. The van der Waals surface area contributed by atoms with Crippen molar-refractivity contribution in [2.45, 2.75) is 59.4 Å². The molecule has 1 fully saturated rings. The number of carbonyl (C=O) groups is 1. The molecule has 1 aromatic heterocycles. The Labute approximate surface area is 173 Å². The van der Waals surface area contributed by atoms with Gasteiger partial charge in [-0.3, -0.25) is 4.79 Å². The molecule has 26 heavy (non-hydrogen) atoms. The van der Waals surface area contributed by atoms with Gasteiger partial charge in [-0.25, -0.2) is 4.99 Å². The Hall–Kier alpha value is -1.32. The Balaban J connectivity index is 0.00000338. The smallest absolute Gasteiger partial charge is 0.224 e. The van der Waals surface area contributed by atoms with Crippen LogP contribution < -0.4 is 10.6 Å². The highest BCUT2D eigenvalue weighted by atomic mass is 127. The molecule has 0 bridgehead atoms. The van der Waals surface area contributed by atoms with E-state index < -0.39 is 0 Å². The summed E-state index contributed by atoms with van der Waals surface area (Å²) in [4.78, 5) is 18.7. The normalized spacial score (nSPS) is 14.3. The number of nitrogens with zero attached hydrogens (tertiary/aromatic N) is 3. The summed E-state index contributed by atoms with van der Waals surface area (Å²) >= 11 is 0. The standard InChI is InChI=1S/C18H31N5O2.HI/c1-4-15-14(16(5-2)25-22-15)13-21-18(19-6-3)20-10-9-17(24)23-11-7-8-12-23;/h4-13H2,1-3H3,(H2,19,20,21);1H. The Morgan fingerprint density at radius 2 is 1.92 bits per heavy atom. The maximum Gasteiger partial charge on any atom is 0.224 e. The fraction of sp³-hybridized carbons (Fsp3) is 0.722. The van der Waals surface area contributed by atoms with E-state index in [0.29, 0.717) is 19.5 Å². The van der Waals surface area contributed by atoms with Crippen LogP contribution in [0.2, 0.25) is 0 Å². The van der Waals surface area contributed by atoms with Crippen molar-refractivity contribution in [1.29, 1.82) is 0 Å². The minimum Gasteiger partial charge on any atom is -0.361 e. The first-order chi connectivity index (χ1) is 12.2. The third kappa shape index (κ3) is 6.44. The van der Waals surface area contributed by atoms with Crippen molar-refractivity contribution in [2.75, 3.05) is 26.2 Å². The number of rotatable bonds is 8. The molecular weight excluding hydrogens is 445 g/mol. The lowest BCUT2D eigenvalue weighted by Gasteiger charge is -2.16. The lowest BCUT2D eigenvalue weighted by Crippen LogP contribution is -2.39. The number of carbonyl (C=O) groups excluding carboxylic acids is 1. The van der Waals surface area contributed by atoms with Gasteiger partial charge in [-0.1, -0.05) is 19.0 Å². The van der Waals surface area contributed by atoms with Crippen LogP contribution in [0.25, 0.3) is 0 Å². The summed E-state index contributed by atoms with van der Waals surface area (Å²) in [6.07, 6.45) is 4.40. The van der Waals surface area contributed by atoms with Crippen LogP contribution in [0.3, 0.4) is 0 Å². The monoisotopic (exact) mass is 477 g/mol. The summed E-state index contributed by atoms with van der Waals surface area (Å²) < 4.78 is 5.39. The van der Waals surface area contributed by atoms with Crippen LogP contribution in [0.1, 0.15) is 57.1 Å². The number of hydrogen-bond donors (Lipinski definition) is 2. The van der Waals surface area contributed by atoms with Gasteiger partial charge in [0, 0.05) is 44.6 Å². The topological polar surface area (TPSA) is 82.8 Å². The summed E-state index contributed by atoms with van der Waals surface area (Å²) in [6.45, 7) is 9.85. The molecular formula is C18H32IN5O2. The highest BCUT2D eigenvalue weighted by Crippen LogP contribution is 2.16. The molecule has 1 aliphatic heterocycles. The molecule has 0 atom stereocenters. The van der Waals surface area contributed by atoms with E-state index in [0.717, 1.165) is 68.3 Å². The average molecular weight is 477 g/mol. The molecule has 7 nitrogen and oxygen atoms in total. The molecule has 0 unspecified atom stereocenters. The van der Waals surface area contributed by atoms with Crippen molar-refractivity contribution >= 4 is 35.8 Å². The van der Waals surface area contributed by atoms with Crippen LogP contribution in [-0.2, 0) is 24.2 Å². The average Bonchev–Trinajstić information content (AvgIpc) is 3.28. The SMILES string of the molecule is CCNC(=NCc1c(CC)noc1CC)NCCC(=O)N1CCCC1.I. The zero-order valence-electron chi connectivity index (χ0n) is 16.1. The van der Waals surface area contributed by atoms with Crippen molar-refractivity contribution in [3.05, 3.63) is 17.0 Å². The Morgan fingerprint density at radius 1 is 1.19 bits per heavy atom. The van der Waals surface area contributed by atoms with E-state index in [1.165, 1.54) is 0 Å². The van der Waals surface area contributed by atoms with Crippen molar-refractivity contribution in [3.63, 3.8) is 0 Å². The second-order valence-corrected chi connectivity index (χ2v) is 6.20. The molecule has 1 amide bonds. The molecule has 1 aliphatic rings. The minimum atomic E-state index is 0. The zero-order chi connectivity index (χ0) is 18.1. The summed E-state index contributed by atoms with van der Waals surface area (Å²) in [5, 5.41) is 10.6. The van der Waals surface area contributed by atoms with E-state index in [1.54, 1.807) is 0 Å². The van der Waals surface area contributed by atoms with E-state index in [1.807, 2.05) is 11.8 Å². The van der Waals surface area contributed by atoms with Gasteiger partial charge >= 0.3 is 0 Å². The van der Waals surface area contributed by atoms with Crippen LogP contribution in [0.15, 0.2) is 9.52 Å². The highest BCUT2D eigenvalue weighted by molar-refractivity contribution is 14.0. The Bertz CT molecular complexity index is 561. The van der Waals surface area contributed by atoms with Gasteiger partial charge in [0.1, 0.15) is 5.76 Å². The lowest BCUT2D eigenvalue weighted by atomic mass is 10.1. The fourth-order valence-electron chi connectivity index (χ4n) is 3.03. The molecule has 148 valence electrons. The van der Waals surface area contributed by atoms with Gasteiger partial charge in [0.25, 0.3) is 0 Å². The van der Waals surface area contributed by atoms with Crippen LogP contribution in [-0.4, -0.2) is 48.1 Å². The largest absolute Gasteiger partial charge is 0.361 e. The fourth-order valence-corrected chi connectivity index (χ4v) is 3.03.